The lowest BCUT2D eigenvalue weighted by Crippen LogP contribution is -2.46. The van der Waals surface area contributed by atoms with Crippen LogP contribution in [0, 0.1) is 5.92 Å². The van der Waals surface area contributed by atoms with Crippen molar-refractivity contribution in [2.75, 3.05) is 19.6 Å². The van der Waals surface area contributed by atoms with Gasteiger partial charge in [0.2, 0.25) is 0 Å². The summed E-state index contributed by atoms with van der Waals surface area (Å²) >= 11 is 0. The van der Waals surface area contributed by atoms with Crippen LogP contribution in [0.5, 0.6) is 0 Å². The van der Waals surface area contributed by atoms with Crippen molar-refractivity contribution >= 4 is 0 Å². The third-order valence-corrected chi connectivity index (χ3v) is 7.52. The van der Waals surface area contributed by atoms with Gasteiger partial charge in [0.15, 0.2) is 0 Å². The first-order chi connectivity index (χ1) is 14.3. The summed E-state index contributed by atoms with van der Waals surface area (Å²) in [5.41, 5.74) is 0.947. The van der Waals surface area contributed by atoms with E-state index in [0.717, 1.165) is 32.2 Å². The fourth-order valence-corrected chi connectivity index (χ4v) is 5.64. The smallest absolute Gasteiger partial charge is 0.0688 e. The summed E-state index contributed by atoms with van der Waals surface area (Å²) in [5.74, 6) is 0.454. The number of piperidine rings is 1. The van der Waals surface area contributed by atoms with Crippen molar-refractivity contribution < 1.29 is 5.11 Å². The molecule has 1 saturated carbocycles. The van der Waals surface area contributed by atoms with Gasteiger partial charge in [0.1, 0.15) is 0 Å². The summed E-state index contributed by atoms with van der Waals surface area (Å²) in [6.07, 6.45) is 20.2. The zero-order valence-electron chi connectivity index (χ0n) is 18.8. The van der Waals surface area contributed by atoms with Crippen molar-refractivity contribution in [1.82, 2.24) is 4.90 Å². The SMILES string of the molecule is OC1(CCCc2ccccc2)CCCCCCCCCCC1CN1CCCCC1. The van der Waals surface area contributed by atoms with Crippen molar-refractivity contribution in [2.45, 2.75) is 108 Å². The Morgan fingerprint density at radius 2 is 1.41 bits per heavy atom. The number of hydrogen-bond acceptors (Lipinski definition) is 2. The molecule has 0 radical (unpaired) electrons. The van der Waals surface area contributed by atoms with Crippen LogP contribution in [0.2, 0.25) is 0 Å². The van der Waals surface area contributed by atoms with Crippen molar-refractivity contribution in [1.29, 1.82) is 0 Å². The maximum absolute atomic E-state index is 12.0. The molecule has 1 aliphatic carbocycles. The molecule has 0 aromatic heterocycles. The highest BCUT2D eigenvalue weighted by Gasteiger charge is 2.36. The molecular weight excluding hydrogens is 354 g/mol. The Hall–Kier alpha value is -0.860. The molecule has 1 saturated heterocycles. The molecule has 0 bridgehead atoms. The van der Waals surface area contributed by atoms with Gasteiger partial charge in [-0.1, -0.05) is 88.1 Å². The number of aryl methyl sites for hydroxylation is 1. The molecule has 164 valence electrons. The predicted molar refractivity (Wildman–Crippen MR) is 124 cm³/mol. The van der Waals surface area contributed by atoms with E-state index in [1.807, 2.05) is 0 Å². The molecule has 2 nitrogen and oxygen atoms in total. The van der Waals surface area contributed by atoms with Gasteiger partial charge in [-0.25, -0.2) is 0 Å². The monoisotopic (exact) mass is 399 g/mol. The Morgan fingerprint density at radius 3 is 2.14 bits per heavy atom. The Morgan fingerprint density at radius 1 is 0.793 bits per heavy atom. The molecule has 1 aliphatic heterocycles. The molecule has 1 aromatic rings. The topological polar surface area (TPSA) is 23.5 Å². The lowest BCUT2D eigenvalue weighted by atomic mass is 9.75. The van der Waals surface area contributed by atoms with Gasteiger partial charge in [-0.2, -0.15) is 0 Å². The van der Waals surface area contributed by atoms with Crippen LogP contribution in [-0.4, -0.2) is 35.2 Å². The summed E-state index contributed by atoms with van der Waals surface area (Å²) < 4.78 is 0. The molecule has 1 N–H and O–H groups in total. The zero-order chi connectivity index (χ0) is 20.2. The van der Waals surface area contributed by atoms with E-state index in [4.69, 9.17) is 0 Å². The Labute approximate surface area is 180 Å². The molecule has 2 unspecified atom stereocenters. The normalized spacial score (nSPS) is 28.4. The lowest BCUT2D eigenvalue weighted by Gasteiger charge is -2.41. The van der Waals surface area contributed by atoms with Gasteiger partial charge in [0.25, 0.3) is 0 Å². The fraction of sp³-hybridized carbons (Fsp3) is 0.778. The highest BCUT2D eigenvalue weighted by Crippen LogP contribution is 2.35. The van der Waals surface area contributed by atoms with Gasteiger partial charge in [-0.05, 0) is 63.6 Å². The van der Waals surface area contributed by atoms with E-state index in [1.54, 1.807) is 0 Å². The van der Waals surface area contributed by atoms with E-state index >= 15 is 0 Å². The maximum Gasteiger partial charge on any atom is 0.0688 e. The van der Waals surface area contributed by atoms with Gasteiger partial charge in [-0.3, -0.25) is 0 Å². The van der Waals surface area contributed by atoms with Crippen molar-refractivity contribution in [2.24, 2.45) is 5.92 Å². The number of rotatable bonds is 6. The van der Waals surface area contributed by atoms with E-state index < -0.39 is 5.60 Å². The quantitative estimate of drug-likeness (QED) is 0.571. The van der Waals surface area contributed by atoms with Crippen LogP contribution < -0.4 is 0 Å². The van der Waals surface area contributed by atoms with Crippen molar-refractivity contribution in [3.05, 3.63) is 35.9 Å². The lowest BCUT2D eigenvalue weighted by molar-refractivity contribution is -0.0541. The van der Waals surface area contributed by atoms with Gasteiger partial charge < -0.3 is 10.0 Å². The van der Waals surface area contributed by atoms with Crippen molar-refractivity contribution in [3.8, 4) is 0 Å². The Bertz CT molecular complexity index is 539. The third kappa shape index (κ3) is 8.06. The summed E-state index contributed by atoms with van der Waals surface area (Å²) in [6, 6.07) is 10.8. The molecule has 29 heavy (non-hydrogen) atoms. The van der Waals surface area contributed by atoms with Crippen LogP contribution in [0.15, 0.2) is 30.3 Å². The van der Waals surface area contributed by atoms with Gasteiger partial charge in [0.05, 0.1) is 5.60 Å². The largest absolute Gasteiger partial charge is 0.390 e. The molecule has 2 aliphatic rings. The summed E-state index contributed by atoms with van der Waals surface area (Å²) in [4.78, 5) is 2.67. The Balaban J connectivity index is 1.64. The minimum absolute atomic E-state index is 0.454. The number of benzene rings is 1. The van der Waals surface area contributed by atoms with E-state index in [-0.39, 0.29) is 0 Å². The van der Waals surface area contributed by atoms with Crippen LogP contribution in [0.4, 0.5) is 0 Å². The van der Waals surface area contributed by atoms with Gasteiger partial charge >= 0.3 is 0 Å². The second kappa shape index (κ2) is 12.7. The molecule has 1 heterocycles. The van der Waals surface area contributed by atoms with Gasteiger partial charge in [-0.15, -0.1) is 0 Å². The van der Waals surface area contributed by atoms with Crippen LogP contribution >= 0.6 is 0 Å². The molecule has 0 spiro atoms. The first kappa shape index (κ1) is 22.8. The van der Waals surface area contributed by atoms with Crippen molar-refractivity contribution in [3.63, 3.8) is 0 Å². The first-order valence-corrected chi connectivity index (χ1v) is 12.7. The van der Waals surface area contributed by atoms with E-state index in [1.165, 1.54) is 95.7 Å². The standard InChI is InChI=1S/C27H45NO/c29-27(21-15-18-25-16-9-7-10-17-25)20-12-6-4-2-1-3-5-11-19-26(27)24-28-22-13-8-14-23-28/h7,9-10,16-17,26,29H,1-6,8,11-15,18-24H2. The summed E-state index contributed by atoms with van der Waals surface area (Å²) in [5, 5.41) is 12.0. The molecule has 2 fully saturated rings. The second-order valence-corrected chi connectivity index (χ2v) is 9.87. The molecule has 0 amide bonds. The number of likely N-dealkylation sites (tertiary alicyclic amines) is 1. The van der Waals surface area contributed by atoms with Crippen LogP contribution in [0.3, 0.4) is 0 Å². The molecule has 2 atom stereocenters. The molecular formula is C27H45NO. The number of nitrogens with zero attached hydrogens (tertiary/aromatic N) is 1. The van der Waals surface area contributed by atoms with Crippen LogP contribution in [-0.2, 0) is 6.42 Å². The van der Waals surface area contributed by atoms with E-state index in [0.29, 0.717) is 5.92 Å². The predicted octanol–water partition coefficient (Wildman–Crippen LogP) is 6.76. The minimum Gasteiger partial charge on any atom is -0.390 e. The second-order valence-electron chi connectivity index (χ2n) is 9.87. The van der Waals surface area contributed by atoms with E-state index in [2.05, 4.69) is 35.2 Å². The van der Waals surface area contributed by atoms with Crippen LogP contribution in [0.25, 0.3) is 0 Å². The maximum atomic E-state index is 12.0. The zero-order valence-corrected chi connectivity index (χ0v) is 18.8. The number of hydrogen-bond donors (Lipinski definition) is 1. The molecule has 1 aromatic carbocycles. The summed E-state index contributed by atoms with van der Waals surface area (Å²) in [6.45, 7) is 3.62. The average molecular weight is 400 g/mol. The minimum atomic E-state index is -0.467. The highest BCUT2D eigenvalue weighted by atomic mass is 16.3. The Kier molecular flexibility index (Phi) is 10.0. The average Bonchev–Trinajstić information content (AvgIpc) is 2.75. The fourth-order valence-electron chi connectivity index (χ4n) is 5.64. The van der Waals surface area contributed by atoms with Crippen LogP contribution in [0.1, 0.15) is 102 Å². The third-order valence-electron chi connectivity index (χ3n) is 7.52. The first-order valence-electron chi connectivity index (χ1n) is 12.7. The summed E-state index contributed by atoms with van der Waals surface area (Å²) in [7, 11) is 0. The van der Waals surface area contributed by atoms with E-state index in [9.17, 15) is 5.11 Å². The molecule has 2 heteroatoms. The number of aliphatic hydroxyl groups is 1. The molecule has 3 rings (SSSR count). The van der Waals surface area contributed by atoms with Gasteiger partial charge in [0, 0.05) is 12.5 Å². The highest BCUT2D eigenvalue weighted by molar-refractivity contribution is 5.14.